The number of quaternary nitrogens is 1. The smallest absolute Gasteiger partial charge is 0.139 e. The average molecular weight is 365 g/mol. The number of hydrogen-bond donors (Lipinski definition) is 0. The Morgan fingerprint density at radius 2 is 1.89 bits per heavy atom. The van der Waals surface area contributed by atoms with Crippen LogP contribution in [0, 0.1) is 5.92 Å². The summed E-state index contributed by atoms with van der Waals surface area (Å²) in [6.07, 6.45) is 15.7. The van der Waals surface area contributed by atoms with Crippen LogP contribution in [0.25, 0.3) is 11.0 Å². The van der Waals surface area contributed by atoms with Gasteiger partial charge in [-0.2, -0.15) is 0 Å². The lowest BCUT2D eigenvalue weighted by Gasteiger charge is -2.30. The topological polar surface area (TPSA) is 17.8 Å². The van der Waals surface area contributed by atoms with Gasteiger partial charge in [-0.3, -0.25) is 4.48 Å². The van der Waals surface area contributed by atoms with Crippen molar-refractivity contribution in [2.45, 2.75) is 64.8 Å². The predicted molar refractivity (Wildman–Crippen MR) is 116 cm³/mol. The molecule has 2 heterocycles. The molecule has 2 aliphatic rings. The number of hydrogen-bond acceptors (Lipinski definition) is 1. The summed E-state index contributed by atoms with van der Waals surface area (Å²) in [5, 5.41) is 0. The van der Waals surface area contributed by atoms with E-state index in [1.165, 1.54) is 49.1 Å². The second-order valence-corrected chi connectivity index (χ2v) is 9.69. The third-order valence-electron chi connectivity index (χ3n) is 6.30. The van der Waals surface area contributed by atoms with Crippen LogP contribution in [0.2, 0.25) is 0 Å². The van der Waals surface area contributed by atoms with Crippen LogP contribution in [0.15, 0.2) is 42.6 Å². The molecule has 1 unspecified atom stereocenters. The van der Waals surface area contributed by atoms with Crippen molar-refractivity contribution >= 4 is 16.7 Å². The monoisotopic (exact) mass is 364 g/mol. The maximum atomic E-state index is 5.15. The Morgan fingerprint density at radius 3 is 2.56 bits per heavy atom. The normalized spacial score (nSPS) is 24.0. The largest absolute Gasteiger partial charge is 0.327 e. The van der Waals surface area contributed by atoms with Crippen LogP contribution in [0.4, 0.5) is 5.69 Å². The minimum atomic E-state index is 0.0556. The molecule has 1 aromatic carbocycles. The van der Waals surface area contributed by atoms with E-state index in [0.29, 0.717) is 0 Å². The highest BCUT2D eigenvalue weighted by molar-refractivity contribution is 5.80. The highest BCUT2D eigenvalue weighted by atomic mass is 15.3. The summed E-state index contributed by atoms with van der Waals surface area (Å²) in [5.41, 5.74) is 3.82. The molecule has 1 aliphatic carbocycles. The Morgan fingerprint density at radius 1 is 1.11 bits per heavy atom. The molecule has 1 saturated carbocycles. The molecule has 0 N–H and O–H groups in total. The molecule has 3 nitrogen and oxygen atoms in total. The maximum Gasteiger partial charge on any atom is 0.139 e. The Labute approximate surface area is 164 Å². The molecule has 3 heteroatoms. The van der Waals surface area contributed by atoms with E-state index in [1.807, 2.05) is 0 Å². The van der Waals surface area contributed by atoms with Gasteiger partial charge in [0.15, 0.2) is 0 Å². The van der Waals surface area contributed by atoms with Crippen molar-refractivity contribution < 1.29 is 0 Å². The van der Waals surface area contributed by atoms with Crippen LogP contribution in [0.3, 0.4) is 0 Å². The van der Waals surface area contributed by atoms with Gasteiger partial charge in [-0.05, 0) is 37.0 Å². The fraction of sp³-hybridized carbons (Fsp3) is 0.542. The summed E-state index contributed by atoms with van der Waals surface area (Å²) in [6.45, 7) is 8.99. The van der Waals surface area contributed by atoms with Gasteiger partial charge in [0.25, 0.3) is 0 Å². The van der Waals surface area contributed by atoms with Gasteiger partial charge in [-0.1, -0.05) is 46.1 Å². The Bertz CT molecular complexity index is 875. The van der Waals surface area contributed by atoms with Gasteiger partial charge in [0.05, 0.1) is 18.1 Å². The SMILES string of the molecule is CC(C)(C)c1nc2cc([N+]3(C)C=CC=CC3)ccc2n1CC1CCCCC1. The lowest BCUT2D eigenvalue weighted by molar-refractivity contribution is 0.313. The number of rotatable bonds is 3. The number of imidazole rings is 1. The molecule has 1 atom stereocenters. The highest BCUT2D eigenvalue weighted by Crippen LogP contribution is 2.34. The molecule has 0 amide bonds. The van der Waals surface area contributed by atoms with Crippen molar-refractivity contribution in [3.63, 3.8) is 0 Å². The van der Waals surface area contributed by atoms with Gasteiger partial charge in [-0.15, -0.1) is 0 Å². The van der Waals surface area contributed by atoms with Gasteiger partial charge >= 0.3 is 0 Å². The first-order valence-corrected chi connectivity index (χ1v) is 10.6. The minimum Gasteiger partial charge on any atom is -0.327 e. The summed E-state index contributed by atoms with van der Waals surface area (Å²) in [6, 6.07) is 6.92. The van der Waals surface area contributed by atoms with Crippen LogP contribution in [-0.2, 0) is 12.0 Å². The van der Waals surface area contributed by atoms with E-state index in [4.69, 9.17) is 4.98 Å². The molecule has 0 saturated heterocycles. The lowest BCUT2D eigenvalue weighted by Crippen LogP contribution is -2.40. The molecule has 1 fully saturated rings. The van der Waals surface area contributed by atoms with E-state index in [1.54, 1.807) is 0 Å². The first-order chi connectivity index (χ1) is 12.9. The number of nitrogens with zero attached hydrogens (tertiary/aromatic N) is 3. The zero-order valence-corrected chi connectivity index (χ0v) is 17.4. The summed E-state index contributed by atoms with van der Waals surface area (Å²) in [5.74, 6) is 2.04. The molecule has 144 valence electrons. The number of likely N-dealkylation sites (N-methyl/N-ethyl adjacent to an activating group) is 1. The third-order valence-corrected chi connectivity index (χ3v) is 6.30. The average Bonchev–Trinajstić information content (AvgIpc) is 3.01. The second-order valence-electron chi connectivity index (χ2n) is 9.69. The van der Waals surface area contributed by atoms with Gasteiger partial charge < -0.3 is 4.57 Å². The van der Waals surface area contributed by atoms with E-state index in [0.717, 1.165) is 29.0 Å². The number of aromatic nitrogens is 2. The van der Waals surface area contributed by atoms with Crippen LogP contribution in [0.5, 0.6) is 0 Å². The van der Waals surface area contributed by atoms with Gasteiger partial charge in [0.1, 0.15) is 24.3 Å². The number of allylic oxidation sites excluding steroid dienone is 2. The van der Waals surface area contributed by atoms with Crippen molar-refractivity contribution in [1.29, 1.82) is 0 Å². The van der Waals surface area contributed by atoms with Gasteiger partial charge in [0.2, 0.25) is 0 Å². The molecule has 0 radical (unpaired) electrons. The molecular weight excluding hydrogens is 330 g/mol. The predicted octanol–water partition coefficient (Wildman–Crippen LogP) is 5.93. The van der Waals surface area contributed by atoms with Crippen molar-refractivity contribution in [1.82, 2.24) is 14.0 Å². The second kappa shape index (κ2) is 6.94. The lowest BCUT2D eigenvalue weighted by atomic mass is 9.88. The van der Waals surface area contributed by atoms with E-state index < -0.39 is 0 Å². The quantitative estimate of drug-likeness (QED) is 0.617. The fourth-order valence-corrected chi connectivity index (χ4v) is 4.67. The number of fused-ring (bicyclic) bond motifs is 1. The maximum absolute atomic E-state index is 5.15. The summed E-state index contributed by atoms with van der Waals surface area (Å²) >= 11 is 0. The van der Waals surface area contributed by atoms with Crippen LogP contribution >= 0.6 is 0 Å². The van der Waals surface area contributed by atoms with E-state index in [-0.39, 0.29) is 5.41 Å². The Hall–Kier alpha value is -1.87. The van der Waals surface area contributed by atoms with E-state index in [9.17, 15) is 0 Å². The summed E-state index contributed by atoms with van der Waals surface area (Å²) in [4.78, 5) is 5.15. The zero-order chi connectivity index (χ0) is 19.1. The molecule has 27 heavy (non-hydrogen) atoms. The molecule has 2 aromatic rings. The van der Waals surface area contributed by atoms with Crippen molar-refractivity contribution in [2.24, 2.45) is 5.92 Å². The first kappa shape index (κ1) is 18.5. The minimum absolute atomic E-state index is 0.0556. The Kier molecular flexibility index (Phi) is 4.75. The fourth-order valence-electron chi connectivity index (χ4n) is 4.67. The van der Waals surface area contributed by atoms with E-state index >= 15 is 0 Å². The van der Waals surface area contributed by atoms with E-state index in [2.05, 4.69) is 75.0 Å². The van der Waals surface area contributed by atoms with Crippen molar-refractivity contribution in [2.75, 3.05) is 13.6 Å². The molecule has 1 aliphatic heterocycles. The van der Waals surface area contributed by atoms with Crippen molar-refractivity contribution in [3.05, 3.63) is 48.5 Å². The molecule has 0 spiro atoms. The van der Waals surface area contributed by atoms with Gasteiger partial charge in [-0.25, -0.2) is 4.98 Å². The molecule has 4 rings (SSSR count). The Balaban J connectivity index is 1.76. The zero-order valence-electron chi connectivity index (χ0n) is 17.4. The van der Waals surface area contributed by atoms with Crippen LogP contribution < -0.4 is 4.48 Å². The summed E-state index contributed by atoms with van der Waals surface area (Å²) < 4.78 is 3.34. The highest BCUT2D eigenvalue weighted by Gasteiger charge is 2.28. The molecule has 1 aromatic heterocycles. The molecule has 0 bridgehead atoms. The van der Waals surface area contributed by atoms with Crippen molar-refractivity contribution in [3.8, 4) is 0 Å². The molecular formula is C24H34N3+. The van der Waals surface area contributed by atoms with Crippen LogP contribution in [0.1, 0.15) is 58.7 Å². The van der Waals surface area contributed by atoms with Gasteiger partial charge in [0, 0.05) is 24.1 Å². The number of benzene rings is 1. The summed E-state index contributed by atoms with van der Waals surface area (Å²) in [7, 11) is 2.27. The first-order valence-electron chi connectivity index (χ1n) is 10.6. The standard InChI is InChI=1S/C24H34N3/c1-24(2,3)23-25-21-17-20(27(4)15-9-6-10-16-27)13-14-22(21)26(23)18-19-11-7-5-8-12-19/h6,9-10,13-15,17,19H,5,7-8,11-12,16,18H2,1-4H3/q+1. The third kappa shape index (κ3) is 3.62. The van der Waals surface area contributed by atoms with Crippen LogP contribution in [-0.4, -0.2) is 23.1 Å².